The normalized spacial score (nSPS) is 20.2. The number of H-pyrrole nitrogens is 1. The average molecular weight is 385 g/mol. The van der Waals surface area contributed by atoms with Crippen molar-refractivity contribution in [1.82, 2.24) is 9.88 Å². The van der Waals surface area contributed by atoms with Crippen LogP contribution in [0.15, 0.2) is 72.8 Å². The van der Waals surface area contributed by atoms with Crippen molar-refractivity contribution in [2.75, 3.05) is 6.54 Å². The van der Waals surface area contributed by atoms with Crippen LogP contribution in [-0.4, -0.2) is 22.3 Å². The molecule has 0 spiro atoms. The smallest absolute Gasteiger partial charge is 0.255 e. The van der Waals surface area contributed by atoms with Gasteiger partial charge in [-0.3, -0.25) is 4.79 Å². The summed E-state index contributed by atoms with van der Waals surface area (Å²) in [5, 5.41) is 1.95. The summed E-state index contributed by atoms with van der Waals surface area (Å²) in [6.45, 7) is 0.661. The van der Waals surface area contributed by atoms with Crippen LogP contribution in [0.3, 0.4) is 0 Å². The Balaban J connectivity index is 1.63. The van der Waals surface area contributed by atoms with Gasteiger partial charge in [0.2, 0.25) is 0 Å². The highest BCUT2D eigenvalue weighted by Gasteiger charge is 2.45. The monoisotopic (exact) mass is 384 g/mol. The number of nitrogens with one attached hydrogen (secondary N) is 1. The van der Waals surface area contributed by atoms with Crippen molar-refractivity contribution in [3.8, 4) is 0 Å². The topological polar surface area (TPSA) is 36.1 Å². The lowest BCUT2D eigenvalue weighted by molar-refractivity contribution is 0.0727. The summed E-state index contributed by atoms with van der Waals surface area (Å²) in [4.78, 5) is 18.8. The number of halogens is 1. The third-order valence-electron chi connectivity index (χ3n) is 6.11. The number of fused-ring (bicyclic) bond motifs is 7. The summed E-state index contributed by atoms with van der Waals surface area (Å²) in [7, 11) is 0. The number of carbonyl (C=O) groups excluding carboxylic acids is 1. The molecule has 2 atom stereocenters. The number of rotatable bonds is 1. The SMILES string of the molecule is O=C1c2ccccc2[C@H]2c3[nH]c4ccccc4c3[C@@H](c3ccc(Cl)cc3)CN12. The third kappa shape index (κ3) is 2.08. The van der Waals surface area contributed by atoms with Gasteiger partial charge in [-0.1, -0.05) is 60.1 Å². The number of benzene rings is 3. The summed E-state index contributed by atoms with van der Waals surface area (Å²) in [5.74, 6) is 0.224. The second-order valence-corrected chi connectivity index (χ2v) is 7.99. The molecule has 0 saturated heterocycles. The maximum Gasteiger partial charge on any atom is 0.255 e. The average Bonchev–Trinajstić information content (AvgIpc) is 3.25. The number of hydrogen-bond acceptors (Lipinski definition) is 1. The first-order valence-electron chi connectivity index (χ1n) is 9.48. The van der Waals surface area contributed by atoms with E-state index < -0.39 is 0 Å². The van der Waals surface area contributed by atoms with Crippen molar-refractivity contribution in [2.45, 2.75) is 12.0 Å². The van der Waals surface area contributed by atoms with Gasteiger partial charge in [-0.05, 0) is 41.0 Å². The molecule has 28 heavy (non-hydrogen) atoms. The summed E-state index contributed by atoms with van der Waals surface area (Å²) in [6.07, 6.45) is 0. The summed E-state index contributed by atoms with van der Waals surface area (Å²) in [5.41, 5.74) is 6.63. The van der Waals surface area contributed by atoms with Gasteiger partial charge in [-0.15, -0.1) is 0 Å². The lowest BCUT2D eigenvalue weighted by atomic mass is 9.83. The highest BCUT2D eigenvalue weighted by Crippen LogP contribution is 2.49. The first-order chi connectivity index (χ1) is 13.7. The number of amides is 1. The standard InChI is InChI=1S/C24H17ClN2O/c25-15-11-9-14(10-12-15)19-13-27-23(16-5-1-2-6-17(16)24(27)28)22-21(19)18-7-3-4-8-20(18)26-22/h1-12,19,23,26H,13H2/t19-,23+/m1/s1. The number of aromatic amines is 1. The van der Waals surface area contributed by atoms with E-state index in [0.717, 1.165) is 27.4 Å². The largest absolute Gasteiger partial charge is 0.356 e. The zero-order valence-electron chi connectivity index (χ0n) is 15.0. The van der Waals surface area contributed by atoms with Crippen LogP contribution in [0.5, 0.6) is 0 Å². The van der Waals surface area contributed by atoms with Crippen molar-refractivity contribution in [3.63, 3.8) is 0 Å². The van der Waals surface area contributed by atoms with Gasteiger partial charge in [-0.25, -0.2) is 0 Å². The molecule has 0 unspecified atom stereocenters. The minimum atomic E-state index is -0.0466. The van der Waals surface area contributed by atoms with E-state index in [1.807, 2.05) is 41.3 Å². The lowest BCUT2D eigenvalue weighted by Crippen LogP contribution is -2.37. The number of para-hydroxylation sites is 1. The van der Waals surface area contributed by atoms with E-state index in [1.165, 1.54) is 16.5 Å². The van der Waals surface area contributed by atoms with Crippen molar-refractivity contribution in [1.29, 1.82) is 0 Å². The Morgan fingerprint density at radius 1 is 0.929 bits per heavy atom. The van der Waals surface area contributed by atoms with Crippen LogP contribution < -0.4 is 0 Å². The maximum atomic E-state index is 13.2. The van der Waals surface area contributed by atoms with E-state index in [1.54, 1.807) is 0 Å². The molecule has 4 heteroatoms. The zero-order valence-corrected chi connectivity index (χ0v) is 15.8. The Hall–Kier alpha value is -3.04. The Labute approximate surface area is 167 Å². The van der Waals surface area contributed by atoms with E-state index >= 15 is 0 Å². The second kappa shape index (κ2) is 5.73. The zero-order chi connectivity index (χ0) is 18.8. The molecular weight excluding hydrogens is 368 g/mol. The van der Waals surface area contributed by atoms with Gasteiger partial charge >= 0.3 is 0 Å². The van der Waals surface area contributed by atoms with Crippen LogP contribution in [-0.2, 0) is 0 Å². The fraction of sp³-hybridized carbons (Fsp3) is 0.125. The minimum Gasteiger partial charge on any atom is -0.356 e. The molecule has 0 saturated carbocycles. The number of carbonyl (C=O) groups is 1. The Bertz CT molecular complexity index is 1240. The molecule has 3 heterocycles. The highest BCUT2D eigenvalue weighted by molar-refractivity contribution is 6.30. The predicted octanol–water partition coefficient (Wildman–Crippen LogP) is 5.51. The Kier molecular flexibility index (Phi) is 3.27. The molecule has 3 aromatic carbocycles. The van der Waals surface area contributed by atoms with Crippen LogP contribution in [0.25, 0.3) is 10.9 Å². The van der Waals surface area contributed by atoms with Crippen LogP contribution >= 0.6 is 11.6 Å². The van der Waals surface area contributed by atoms with Gasteiger partial charge in [-0.2, -0.15) is 0 Å². The number of hydrogen-bond donors (Lipinski definition) is 1. The molecular formula is C24H17ClN2O. The third-order valence-corrected chi connectivity index (χ3v) is 6.36. The molecule has 6 rings (SSSR count). The van der Waals surface area contributed by atoms with E-state index in [0.29, 0.717) is 6.54 Å². The predicted molar refractivity (Wildman–Crippen MR) is 111 cm³/mol. The highest BCUT2D eigenvalue weighted by atomic mass is 35.5. The summed E-state index contributed by atoms with van der Waals surface area (Å²) >= 11 is 6.13. The maximum absolute atomic E-state index is 13.2. The lowest BCUT2D eigenvalue weighted by Gasteiger charge is -2.36. The van der Waals surface area contributed by atoms with Crippen molar-refractivity contribution in [2.24, 2.45) is 0 Å². The first kappa shape index (κ1) is 16.0. The molecule has 136 valence electrons. The number of nitrogens with zero attached hydrogens (tertiary/aromatic N) is 1. The molecule has 0 bridgehead atoms. The van der Waals surface area contributed by atoms with Crippen LogP contribution in [0, 0.1) is 0 Å². The van der Waals surface area contributed by atoms with Crippen molar-refractivity contribution >= 4 is 28.4 Å². The number of aromatic nitrogens is 1. The van der Waals surface area contributed by atoms with Gasteiger partial charge in [0.05, 0.1) is 6.04 Å². The fourth-order valence-electron chi connectivity index (χ4n) is 4.90. The van der Waals surface area contributed by atoms with Gasteiger partial charge in [0, 0.05) is 39.6 Å². The molecule has 3 nitrogen and oxygen atoms in total. The molecule has 2 aliphatic rings. The molecule has 1 aromatic heterocycles. The molecule has 1 amide bonds. The van der Waals surface area contributed by atoms with Crippen LogP contribution in [0.4, 0.5) is 0 Å². The van der Waals surface area contributed by atoms with E-state index in [-0.39, 0.29) is 17.9 Å². The molecule has 1 N–H and O–H groups in total. The molecule has 4 aromatic rings. The second-order valence-electron chi connectivity index (χ2n) is 7.55. The van der Waals surface area contributed by atoms with E-state index in [2.05, 4.69) is 41.4 Å². The van der Waals surface area contributed by atoms with Crippen molar-refractivity contribution in [3.05, 3.63) is 106 Å². The Morgan fingerprint density at radius 3 is 2.54 bits per heavy atom. The fourth-order valence-corrected chi connectivity index (χ4v) is 5.03. The molecule has 2 aliphatic heterocycles. The van der Waals surface area contributed by atoms with Crippen molar-refractivity contribution < 1.29 is 4.79 Å². The molecule has 0 radical (unpaired) electrons. The minimum absolute atomic E-state index is 0.0466. The van der Waals surface area contributed by atoms with Gasteiger partial charge in [0.1, 0.15) is 0 Å². The Morgan fingerprint density at radius 2 is 1.68 bits per heavy atom. The van der Waals surface area contributed by atoms with Gasteiger partial charge < -0.3 is 9.88 Å². The van der Waals surface area contributed by atoms with Crippen LogP contribution in [0.2, 0.25) is 5.02 Å². The molecule has 0 aliphatic carbocycles. The first-order valence-corrected chi connectivity index (χ1v) is 9.86. The van der Waals surface area contributed by atoms with Gasteiger partial charge in [0.15, 0.2) is 0 Å². The molecule has 0 fully saturated rings. The summed E-state index contributed by atoms with van der Waals surface area (Å²) in [6, 6.07) is 24.4. The van der Waals surface area contributed by atoms with E-state index in [9.17, 15) is 4.79 Å². The van der Waals surface area contributed by atoms with Gasteiger partial charge in [0.25, 0.3) is 5.91 Å². The van der Waals surface area contributed by atoms with Crippen LogP contribution in [0.1, 0.15) is 44.7 Å². The quantitative estimate of drug-likeness (QED) is 0.461. The summed E-state index contributed by atoms with van der Waals surface area (Å²) < 4.78 is 0. The van der Waals surface area contributed by atoms with E-state index in [4.69, 9.17) is 11.6 Å².